The van der Waals surface area contributed by atoms with Crippen LogP contribution in [0.4, 0.5) is 0 Å². The number of benzene rings is 2. The highest BCUT2D eigenvalue weighted by Gasteiger charge is 2.16. The molecule has 0 saturated heterocycles. The summed E-state index contributed by atoms with van der Waals surface area (Å²) in [6, 6.07) is 13.3. The molecule has 118 valence electrons. The first kappa shape index (κ1) is 15.6. The van der Waals surface area contributed by atoms with E-state index in [1.54, 1.807) is 6.08 Å². The fourth-order valence-electron chi connectivity index (χ4n) is 2.27. The summed E-state index contributed by atoms with van der Waals surface area (Å²) in [4.78, 5) is 12.0. The third kappa shape index (κ3) is 3.93. The Bertz CT molecular complexity index is 740. The molecule has 23 heavy (non-hydrogen) atoms. The van der Waals surface area contributed by atoms with E-state index < -0.39 is 0 Å². The van der Waals surface area contributed by atoms with Crippen molar-refractivity contribution < 1.29 is 14.3 Å². The van der Waals surface area contributed by atoms with Gasteiger partial charge in [0.2, 0.25) is 12.7 Å². The van der Waals surface area contributed by atoms with E-state index in [9.17, 15) is 4.79 Å². The smallest absolute Gasteiger partial charge is 0.244 e. The Hall–Kier alpha value is -2.27. The molecule has 1 heterocycles. The van der Waals surface area contributed by atoms with E-state index in [0.29, 0.717) is 5.75 Å². The number of hydrogen-bond donors (Lipinski definition) is 1. The monoisotopic (exact) mass is 373 g/mol. The van der Waals surface area contributed by atoms with Crippen LogP contribution < -0.4 is 14.8 Å². The van der Waals surface area contributed by atoms with Crippen LogP contribution in [0.15, 0.2) is 53.0 Å². The van der Waals surface area contributed by atoms with E-state index in [-0.39, 0.29) is 18.7 Å². The fraction of sp³-hybridized carbons (Fsp3) is 0.167. The molecule has 1 aliphatic rings. The number of amides is 1. The van der Waals surface area contributed by atoms with Gasteiger partial charge in [0.25, 0.3) is 0 Å². The first-order valence-electron chi connectivity index (χ1n) is 7.25. The van der Waals surface area contributed by atoms with Crippen molar-refractivity contribution in [3.05, 3.63) is 64.1 Å². The van der Waals surface area contributed by atoms with Crippen LogP contribution in [0.25, 0.3) is 6.08 Å². The zero-order chi connectivity index (χ0) is 16.2. The predicted octanol–water partition coefficient (Wildman–Crippen LogP) is 4.07. The number of rotatable bonds is 4. The van der Waals surface area contributed by atoms with Gasteiger partial charge in [-0.3, -0.25) is 4.79 Å². The minimum Gasteiger partial charge on any atom is -0.454 e. The normalized spacial score (nSPS) is 14.0. The number of carbonyl (C=O) groups excluding carboxylic acids is 1. The predicted molar refractivity (Wildman–Crippen MR) is 92.3 cm³/mol. The largest absolute Gasteiger partial charge is 0.454 e. The highest BCUT2D eigenvalue weighted by atomic mass is 79.9. The second-order valence-electron chi connectivity index (χ2n) is 5.23. The molecule has 2 aromatic rings. The number of ether oxygens (including phenoxy) is 2. The van der Waals surface area contributed by atoms with Crippen LogP contribution in [0.1, 0.15) is 24.1 Å². The molecule has 1 atom stereocenters. The van der Waals surface area contributed by atoms with Crippen LogP contribution in [-0.4, -0.2) is 12.7 Å². The Labute approximate surface area is 143 Å². The molecule has 0 spiro atoms. The van der Waals surface area contributed by atoms with E-state index in [0.717, 1.165) is 21.3 Å². The lowest BCUT2D eigenvalue weighted by Crippen LogP contribution is -2.24. The van der Waals surface area contributed by atoms with Crippen molar-refractivity contribution in [2.45, 2.75) is 13.0 Å². The molecule has 1 aliphatic heterocycles. The van der Waals surface area contributed by atoms with Gasteiger partial charge in [-0.05, 0) is 48.4 Å². The van der Waals surface area contributed by atoms with Gasteiger partial charge in [0.05, 0.1) is 6.04 Å². The van der Waals surface area contributed by atoms with Gasteiger partial charge in [0.1, 0.15) is 0 Å². The van der Waals surface area contributed by atoms with E-state index in [1.807, 2.05) is 49.4 Å². The highest BCUT2D eigenvalue weighted by Crippen LogP contribution is 2.34. The van der Waals surface area contributed by atoms with Crippen LogP contribution in [0.5, 0.6) is 11.5 Å². The molecule has 0 fully saturated rings. The van der Waals surface area contributed by atoms with Crippen molar-refractivity contribution >= 4 is 27.9 Å². The maximum Gasteiger partial charge on any atom is 0.244 e. The quantitative estimate of drug-likeness (QED) is 0.821. The molecule has 1 amide bonds. The lowest BCUT2D eigenvalue weighted by Gasteiger charge is -2.13. The molecule has 1 N–H and O–H groups in total. The molecular formula is C18H16BrNO3. The SMILES string of the molecule is CC(NC(=O)C=Cc1ccc(Br)cc1)c1ccc2c(c1)OCO2. The van der Waals surface area contributed by atoms with Crippen LogP contribution in [0.2, 0.25) is 0 Å². The number of carbonyl (C=O) groups is 1. The van der Waals surface area contributed by atoms with Gasteiger partial charge in [-0.2, -0.15) is 0 Å². The lowest BCUT2D eigenvalue weighted by molar-refractivity contribution is -0.117. The van der Waals surface area contributed by atoms with Gasteiger partial charge in [0.15, 0.2) is 11.5 Å². The Kier molecular flexibility index (Phi) is 4.67. The van der Waals surface area contributed by atoms with Gasteiger partial charge in [-0.1, -0.05) is 34.1 Å². The zero-order valence-electron chi connectivity index (χ0n) is 12.6. The maximum absolute atomic E-state index is 12.0. The minimum atomic E-state index is -0.141. The van der Waals surface area contributed by atoms with Crippen LogP contribution in [-0.2, 0) is 4.79 Å². The molecule has 0 aromatic heterocycles. The Morgan fingerprint density at radius 1 is 1.17 bits per heavy atom. The number of hydrogen-bond acceptors (Lipinski definition) is 3. The molecule has 2 aromatic carbocycles. The number of nitrogens with one attached hydrogen (secondary N) is 1. The molecular weight excluding hydrogens is 358 g/mol. The molecule has 4 nitrogen and oxygen atoms in total. The molecule has 1 unspecified atom stereocenters. The lowest BCUT2D eigenvalue weighted by atomic mass is 10.1. The van der Waals surface area contributed by atoms with Crippen molar-refractivity contribution in [2.24, 2.45) is 0 Å². The van der Waals surface area contributed by atoms with E-state index in [1.165, 1.54) is 6.08 Å². The summed E-state index contributed by atoms with van der Waals surface area (Å²) >= 11 is 3.38. The van der Waals surface area contributed by atoms with Crippen molar-refractivity contribution in [1.29, 1.82) is 0 Å². The topological polar surface area (TPSA) is 47.6 Å². The fourth-order valence-corrected chi connectivity index (χ4v) is 2.54. The van der Waals surface area contributed by atoms with Gasteiger partial charge < -0.3 is 14.8 Å². The summed E-state index contributed by atoms with van der Waals surface area (Å²) in [5.41, 5.74) is 1.94. The summed E-state index contributed by atoms with van der Waals surface area (Å²) in [7, 11) is 0. The zero-order valence-corrected chi connectivity index (χ0v) is 14.2. The number of fused-ring (bicyclic) bond motifs is 1. The molecule has 0 bridgehead atoms. The van der Waals surface area contributed by atoms with Crippen molar-refractivity contribution in [3.63, 3.8) is 0 Å². The first-order valence-corrected chi connectivity index (χ1v) is 8.05. The molecule has 5 heteroatoms. The van der Waals surface area contributed by atoms with Gasteiger partial charge in [-0.15, -0.1) is 0 Å². The van der Waals surface area contributed by atoms with Gasteiger partial charge >= 0.3 is 0 Å². The van der Waals surface area contributed by atoms with E-state index in [2.05, 4.69) is 21.2 Å². The first-order chi connectivity index (χ1) is 11.1. The summed E-state index contributed by atoms with van der Waals surface area (Å²) in [6.45, 7) is 2.18. The average Bonchev–Trinajstić information content (AvgIpc) is 3.02. The second kappa shape index (κ2) is 6.87. The van der Waals surface area contributed by atoms with E-state index >= 15 is 0 Å². The van der Waals surface area contributed by atoms with Crippen molar-refractivity contribution in [3.8, 4) is 11.5 Å². The summed E-state index contributed by atoms with van der Waals surface area (Å²) < 4.78 is 11.7. The molecule has 0 radical (unpaired) electrons. The molecule has 0 saturated carbocycles. The van der Waals surface area contributed by atoms with Gasteiger partial charge in [-0.25, -0.2) is 0 Å². The van der Waals surface area contributed by atoms with Crippen LogP contribution in [0, 0.1) is 0 Å². The standard InChI is InChI=1S/C18H16BrNO3/c1-12(14-5-8-16-17(10-14)23-11-22-16)20-18(21)9-4-13-2-6-15(19)7-3-13/h2-10,12H,11H2,1H3,(H,20,21). The third-order valence-electron chi connectivity index (χ3n) is 3.55. The number of halogens is 1. The Morgan fingerprint density at radius 3 is 2.70 bits per heavy atom. The summed E-state index contributed by atoms with van der Waals surface area (Å²) in [5.74, 6) is 1.31. The molecule has 3 rings (SSSR count). The summed E-state index contributed by atoms with van der Waals surface area (Å²) in [6.07, 6.45) is 3.32. The molecule has 0 aliphatic carbocycles. The van der Waals surface area contributed by atoms with Crippen LogP contribution >= 0.6 is 15.9 Å². The third-order valence-corrected chi connectivity index (χ3v) is 4.08. The summed E-state index contributed by atoms with van der Waals surface area (Å²) in [5, 5.41) is 2.94. The Balaban J connectivity index is 1.62. The van der Waals surface area contributed by atoms with Crippen molar-refractivity contribution in [1.82, 2.24) is 5.32 Å². The van der Waals surface area contributed by atoms with Crippen LogP contribution in [0.3, 0.4) is 0 Å². The minimum absolute atomic E-state index is 0.119. The highest BCUT2D eigenvalue weighted by molar-refractivity contribution is 9.10. The maximum atomic E-state index is 12.0. The average molecular weight is 374 g/mol. The van der Waals surface area contributed by atoms with Gasteiger partial charge in [0, 0.05) is 10.5 Å². The second-order valence-corrected chi connectivity index (χ2v) is 6.14. The van der Waals surface area contributed by atoms with Crippen molar-refractivity contribution in [2.75, 3.05) is 6.79 Å². The van der Waals surface area contributed by atoms with E-state index in [4.69, 9.17) is 9.47 Å². The Morgan fingerprint density at radius 2 is 1.91 bits per heavy atom.